The first-order chi connectivity index (χ1) is 12.2. The van der Waals surface area contributed by atoms with Crippen LogP contribution in [0.1, 0.15) is 63.0 Å². The number of nitrogens with one attached hydrogen (secondary N) is 1. The highest BCUT2D eigenvalue weighted by Crippen LogP contribution is 2.44. The Balaban J connectivity index is 1.42. The molecule has 1 saturated carbocycles. The van der Waals surface area contributed by atoms with Gasteiger partial charge in [0.2, 0.25) is 5.91 Å². The highest BCUT2D eigenvalue weighted by molar-refractivity contribution is 5.80. The van der Waals surface area contributed by atoms with Crippen LogP contribution in [0, 0.1) is 5.92 Å². The minimum Gasteiger partial charge on any atom is -0.388 e. The predicted octanol–water partition coefficient (Wildman–Crippen LogP) is 3.02. The maximum atomic E-state index is 12.9. The smallest absolute Gasteiger partial charge is 0.224 e. The van der Waals surface area contributed by atoms with E-state index >= 15 is 0 Å². The van der Waals surface area contributed by atoms with Crippen LogP contribution in [-0.2, 0) is 4.79 Å². The van der Waals surface area contributed by atoms with Gasteiger partial charge in [-0.15, -0.1) is 0 Å². The van der Waals surface area contributed by atoms with Gasteiger partial charge in [0, 0.05) is 18.6 Å². The summed E-state index contributed by atoms with van der Waals surface area (Å²) in [4.78, 5) is 15.4. The number of fused-ring (bicyclic) bond motifs is 1. The molecule has 136 valence electrons. The van der Waals surface area contributed by atoms with E-state index in [-0.39, 0.29) is 11.8 Å². The van der Waals surface area contributed by atoms with Crippen LogP contribution in [0.25, 0.3) is 0 Å². The maximum Gasteiger partial charge on any atom is 0.224 e. The molecule has 4 heteroatoms. The highest BCUT2D eigenvalue weighted by Gasteiger charge is 2.47. The number of rotatable bonds is 4. The van der Waals surface area contributed by atoms with Gasteiger partial charge in [0.25, 0.3) is 0 Å². The number of hydrogen-bond acceptors (Lipinski definition) is 3. The first kappa shape index (κ1) is 17.0. The molecule has 1 aliphatic carbocycles. The van der Waals surface area contributed by atoms with Crippen molar-refractivity contribution < 1.29 is 9.90 Å². The molecule has 2 saturated heterocycles. The van der Waals surface area contributed by atoms with Crippen molar-refractivity contribution >= 4 is 5.91 Å². The summed E-state index contributed by atoms with van der Waals surface area (Å²) in [6, 6.07) is 11.3. The fourth-order valence-corrected chi connectivity index (χ4v) is 5.22. The molecule has 1 aromatic carbocycles. The Morgan fingerprint density at radius 2 is 1.92 bits per heavy atom. The number of carbonyl (C=O) groups is 1. The van der Waals surface area contributed by atoms with Crippen molar-refractivity contribution in [3.8, 4) is 0 Å². The molecule has 0 bridgehead atoms. The summed E-state index contributed by atoms with van der Waals surface area (Å²) >= 11 is 0. The van der Waals surface area contributed by atoms with E-state index in [9.17, 15) is 9.90 Å². The van der Waals surface area contributed by atoms with Gasteiger partial charge in [-0.25, -0.2) is 0 Å². The molecule has 4 nitrogen and oxygen atoms in total. The maximum absolute atomic E-state index is 12.9. The second-order valence-electron chi connectivity index (χ2n) is 8.22. The van der Waals surface area contributed by atoms with E-state index in [1.807, 2.05) is 0 Å². The zero-order valence-corrected chi connectivity index (χ0v) is 15.0. The first-order valence-corrected chi connectivity index (χ1v) is 9.97. The standard InChI is InChI=1S/C21H30N2O2/c24-20(22-15-21(25)11-5-2-6-12-21)17-14-19(16-8-3-1-4-9-16)23-13-7-10-18(17)23/h1,3-4,8-9,17-19,25H,2,5-7,10-15H2,(H,22,24)/t17-,18+,19-/m0/s1. The van der Waals surface area contributed by atoms with Gasteiger partial charge >= 0.3 is 0 Å². The molecule has 1 amide bonds. The minimum absolute atomic E-state index is 0.0555. The molecular formula is C21H30N2O2. The number of carbonyl (C=O) groups excluding carboxylic acids is 1. The van der Waals surface area contributed by atoms with Gasteiger partial charge in [-0.05, 0) is 44.2 Å². The summed E-state index contributed by atoms with van der Waals surface area (Å²) in [5.41, 5.74) is 0.649. The molecule has 2 N–H and O–H groups in total. The third-order valence-corrected chi connectivity index (χ3v) is 6.58. The Morgan fingerprint density at radius 1 is 1.16 bits per heavy atom. The molecule has 4 rings (SSSR count). The normalized spacial score (nSPS) is 31.6. The van der Waals surface area contributed by atoms with E-state index in [1.165, 1.54) is 18.4 Å². The van der Waals surface area contributed by atoms with Crippen molar-refractivity contribution in [3.05, 3.63) is 35.9 Å². The van der Waals surface area contributed by atoms with Crippen molar-refractivity contribution in [2.45, 2.75) is 69.1 Å². The van der Waals surface area contributed by atoms with Gasteiger partial charge < -0.3 is 10.4 Å². The summed E-state index contributed by atoms with van der Waals surface area (Å²) < 4.78 is 0. The Morgan fingerprint density at radius 3 is 2.68 bits per heavy atom. The van der Waals surface area contributed by atoms with Gasteiger partial charge in [-0.3, -0.25) is 9.69 Å². The zero-order valence-electron chi connectivity index (χ0n) is 15.0. The van der Waals surface area contributed by atoms with Gasteiger partial charge in [-0.2, -0.15) is 0 Å². The molecule has 3 aliphatic rings. The lowest BCUT2D eigenvalue weighted by atomic mass is 9.84. The fraction of sp³-hybridized carbons (Fsp3) is 0.667. The number of nitrogens with zero attached hydrogens (tertiary/aromatic N) is 1. The predicted molar refractivity (Wildman–Crippen MR) is 98.1 cm³/mol. The molecular weight excluding hydrogens is 312 g/mol. The number of aliphatic hydroxyl groups is 1. The van der Waals surface area contributed by atoms with Crippen LogP contribution in [0.5, 0.6) is 0 Å². The van der Waals surface area contributed by atoms with Crippen LogP contribution < -0.4 is 5.32 Å². The third-order valence-electron chi connectivity index (χ3n) is 6.58. The fourth-order valence-electron chi connectivity index (χ4n) is 5.22. The van der Waals surface area contributed by atoms with E-state index < -0.39 is 5.60 Å². The van der Waals surface area contributed by atoms with Crippen LogP contribution in [0.3, 0.4) is 0 Å². The Kier molecular flexibility index (Phi) is 4.83. The van der Waals surface area contributed by atoms with E-state index in [4.69, 9.17) is 0 Å². The van der Waals surface area contributed by atoms with Gasteiger partial charge in [-0.1, -0.05) is 49.6 Å². The molecule has 0 spiro atoms. The molecule has 3 atom stereocenters. The number of hydrogen-bond donors (Lipinski definition) is 2. The largest absolute Gasteiger partial charge is 0.388 e. The summed E-state index contributed by atoms with van der Waals surface area (Å²) in [5.74, 6) is 0.203. The molecule has 0 unspecified atom stereocenters. The average molecular weight is 342 g/mol. The van der Waals surface area contributed by atoms with Gasteiger partial charge in [0.1, 0.15) is 0 Å². The molecule has 2 heterocycles. The quantitative estimate of drug-likeness (QED) is 0.884. The third kappa shape index (κ3) is 3.47. The average Bonchev–Trinajstić information content (AvgIpc) is 3.24. The molecule has 1 aromatic rings. The van der Waals surface area contributed by atoms with Crippen LogP contribution in [0.15, 0.2) is 30.3 Å². The SMILES string of the molecule is O=C(NCC1(O)CCCCC1)[C@H]1C[C@@H](c2ccccc2)N2CCC[C@H]12. The van der Waals surface area contributed by atoms with Crippen LogP contribution in [-0.4, -0.2) is 40.6 Å². The second kappa shape index (κ2) is 7.08. The molecule has 25 heavy (non-hydrogen) atoms. The summed E-state index contributed by atoms with van der Waals surface area (Å²) in [7, 11) is 0. The summed E-state index contributed by atoms with van der Waals surface area (Å²) in [6.07, 6.45) is 8.19. The van der Waals surface area contributed by atoms with Crippen molar-refractivity contribution in [2.24, 2.45) is 5.92 Å². The monoisotopic (exact) mass is 342 g/mol. The van der Waals surface area contributed by atoms with Crippen LogP contribution in [0.2, 0.25) is 0 Å². The lowest BCUT2D eigenvalue weighted by molar-refractivity contribution is -0.127. The lowest BCUT2D eigenvalue weighted by Gasteiger charge is -2.32. The molecule has 2 aliphatic heterocycles. The molecule has 3 fully saturated rings. The van der Waals surface area contributed by atoms with E-state index in [1.54, 1.807) is 0 Å². The Bertz CT molecular complexity index is 597. The van der Waals surface area contributed by atoms with Crippen molar-refractivity contribution in [3.63, 3.8) is 0 Å². The van der Waals surface area contributed by atoms with Gasteiger partial charge in [0.15, 0.2) is 0 Å². The lowest BCUT2D eigenvalue weighted by Crippen LogP contribution is -2.47. The second-order valence-corrected chi connectivity index (χ2v) is 8.22. The minimum atomic E-state index is -0.680. The van der Waals surface area contributed by atoms with Gasteiger partial charge in [0.05, 0.1) is 11.5 Å². The molecule has 0 radical (unpaired) electrons. The Labute approximate surface area is 150 Å². The van der Waals surface area contributed by atoms with Crippen molar-refractivity contribution in [1.29, 1.82) is 0 Å². The Hall–Kier alpha value is -1.39. The van der Waals surface area contributed by atoms with E-state index in [0.717, 1.165) is 45.1 Å². The molecule has 0 aromatic heterocycles. The van der Waals surface area contributed by atoms with Crippen LogP contribution >= 0.6 is 0 Å². The van der Waals surface area contributed by atoms with Crippen molar-refractivity contribution in [2.75, 3.05) is 13.1 Å². The van der Waals surface area contributed by atoms with Crippen LogP contribution in [0.4, 0.5) is 0 Å². The van der Waals surface area contributed by atoms with E-state index in [0.29, 0.717) is 18.6 Å². The first-order valence-electron chi connectivity index (χ1n) is 9.97. The zero-order chi connectivity index (χ0) is 17.3. The van der Waals surface area contributed by atoms with Crippen molar-refractivity contribution in [1.82, 2.24) is 10.2 Å². The topological polar surface area (TPSA) is 52.6 Å². The number of benzene rings is 1. The van der Waals surface area contributed by atoms with E-state index in [2.05, 4.69) is 40.5 Å². The summed E-state index contributed by atoms with van der Waals surface area (Å²) in [5, 5.41) is 13.8. The number of amides is 1. The highest BCUT2D eigenvalue weighted by atomic mass is 16.3. The summed E-state index contributed by atoms with van der Waals surface area (Å²) in [6.45, 7) is 1.52.